The summed E-state index contributed by atoms with van der Waals surface area (Å²) in [6, 6.07) is 6.67. The molecule has 0 aliphatic rings. The van der Waals surface area contributed by atoms with Gasteiger partial charge in [-0.2, -0.15) is 0 Å². The number of pyridine rings is 1. The lowest BCUT2D eigenvalue weighted by Crippen LogP contribution is -2.38. The van der Waals surface area contributed by atoms with E-state index in [1.807, 2.05) is 12.3 Å². The van der Waals surface area contributed by atoms with Crippen LogP contribution in [0.4, 0.5) is 0 Å². The average molecular weight is 220 g/mol. The van der Waals surface area contributed by atoms with Crippen molar-refractivity contribution in [2.75, 3.05) is 6.54 Å². The summed E-state index contributed by atoms with van der Waals surface area (Å²) in [5.74, 6) is 1.09. The first kappa shape index (κ1) is 13.2. The normalized spacial score (nSPS) is 15.1. The van der Waals surface area contributed by atoms with Crippen LogP contribution in [-0.4, -0.2) is 17.6 Å². The fourth-order valence-electron chi connectivity index (χ4n) is 2.13. The first-order valence-corrected chi connectivity index (χ1v) is 6.31. The molecule has 1 aromatic heterocycles. The lowest BCUT2D eigenvalue weighted by molar-refractivity contribution is 0.350. The Labute approximate surface area is 99.5 Å². The zero-order valence-corrected chi connectivity index (χ0v) is 10.9. The number of rotatable bonds is 6. The van der Waals surface area contributed by atoms with Gasteiger partial charge in [-0.25, -0.2) is 0 Å². The topological polar surface area (TPSA) is 24.9 Å². The van der Waals surface area contributed by atoms with E-state index in [9.17, 15) is 0 Å². The van der Waals surface area contributed by atoms with Crippen LogP contribution in [0.3, 0.4) is 0 Å². The number of nitrogens with zero attached hydrogens (tertiary/aromatic N) is 1. The number of hydrogen-bond acceptors (Lipinski definition) is 2. The highest BCUT2D eigenvalue weighted by Crippen LogP contribution is 2.22. The zero-order valence-electron chi connectivity index (χ0n) is 10.9. The third-order valence-corrected chi connectivity index (χ3v) is 3.04. The highest BCUT2D eigenvalue weighted by Gasteiger charge is 2.21. The van der Waals surface area contributed by atoms with Crippen LogP contribution in [0.1, 0.15) is 45.7 Å². The molecule has 0 saturated heterocycles. The van der Waals surface area contributed by atoms with Crippen molar-refractivity contribution in [3.63, 3.8) is 0 Å². The molecule has 0 amide bonds. The summed E-state index contributed by atoms with van der Waals surface area (Å²) in [7, 11) is 0. The summed E-state index contributed by atoms with van der Waals surface area (Å²) in [6.07, 6.45) is 3.06. The second kappa shape index (κ2) is 6.64. The molecule has 1 aromatic rings. The predicted octanol–water partition coefficient (Wildman–Crippen LogP) is 3.21. The van der Waals surface area contributed by atoms with E-state index in [0.717, 1.165) is 6.54 Å². The molecule has 90 valence electrons. The summed E-state index contributed by atoms with van der Waals surface area (Å²) >= 11 is 0. The molecule has 16 heavy (non-hydrogen) atoms. The lowest BCUT2D eigenvalue weighted by Gasteiger charge is -2.28. The van der Waals surface area contributed by atoms with Crippen LogP contribution < -0.4 is 5.32 Å². The van der Waals surface area contributed by atoms with Crippen molar-refractivity contribution >= 4 is 0 Å². The van der Waals surface area contributed by atoms with E-state index in [1.165, 1.54) is 12.1 Å². The Morgan fingerprint density at radius 1 is 1.25 bits per heavy atom. The minimum atomic E-state index is 0.466. The van der Waals surface area contributed by atoms with Crippen LogP contribution in [0.25, 0.3) is 0 Å². The monoisotopic (exact) mass is 220 g/mol. The molecule has 2 nitrogen and oxygen atoms in total. The summed E-state index contributed by atoms with van der Waals surface area (Å²) in [4.78, 5) is 4.45. The van der Waals surface area contributed by atoms with Crippen LogP contribution >= 0.6 is 0 Å². The minimum absolute atomic E-state index is 0.466. The van der Waals surface area contributed by atoms with Crippen LogP contribution in [0, 0.1) is 5.92 Å². The Hall–Kier alpha value is -0.890. The van der Waals surface area contributed by atoms with Crippen molar-refractivity contribution in [3.8, 4) is 0 Å². The van der Waals surface area contributed by atoms with Crippen LogP contribution in [0.2, 0.25) is 0 Å². The van der Waals surface area contributed by atoms with E-state index in [0.29, 0.717) is 17.9 Å². The fraction of sp³-hybridized carbons (Fsp3) is 0.643. The summed E-state index contributed by atoms with van der Waals surface area (Å²) in [5, 5.41) is 3.63. The first-order valence-electron chi connectivity index (χ1n) is 6.31. The lowest BCUT2D eigenvalue weighted by atomic mass is 9.89. The van der Waals surface area contributed by atoms with Gasteiger partial charge >= 0.3 is 0 Å². The van der Waals surface area contributed by atoms with Gasteiger partial charge in [-0.05, 0) is 31.0 Å². The van der Waals surface area contributed by atoms with Gasteiger partial charge in [-0.15, -0.1) is 0 Å². The standard InChI is InChI=1S/C14H24N2/c1-5-9-16-14(11(2)3)12(4)13-8-6-7-10-15-13/h6-8,10-12,14,16H,5,9H2,1-4H3. The van der Waals surface area contributed by atoms with Gasteiger partial charge in [-0.3, -0.25) is 4.98 Å². The van der Waals surface area contributed by atoms with Crippen molar-refractivity contribution in [2.24, 2.45) is 5.92 Å². The first-order chi connectivity index (χ1) is 7.66. The van der Waals surface area contributed by atoms with Crippen molar-refractivity contribution < 1.29 is 0 Å². The molecule has 0 bridgehead atoms. The Kier molecular flexibility index (Phi) is 5.47. The largest absolute Gasteiger partial charge is 0.313 e. The molecule has 1 rings (SSSR count). The molecule has 0 aromatic carbocycles. The molecule has 0 spiro atoms. The van der Waals surface area contributed by atoms with E-state index < -0.39 is 0 Å². The van der Waals surface area contributed by atoms with Gasteiger partial charge in [0.15, 0.2) is 0 Å². The molecule has 2 unspecified atom stereocenters. The van der Waals surface area contributed by atoms with Gasteiger partial charge < -0.3 is 5.32 Å². The van der Waals surface area contributed by atoms with E-state index in [-0.39, 0.29) is 0 Å². The predicted molar refractivity (Wildman–Crippen MR) is 69.6 cm³/mol. The Morgan fingerprint density at radius 3 is 2.50 bits per heavy atom. The Bertz CT molecular complexity index is 282. The molecule has 0 fully saturated rings. The van der Waals surface area contributed by atoms with Gasteiger partial charge in [0.05, 0.1) is 0 Å². The minimum Gasteiger partial charge on any atom is -0.313 e. The van der Waals surface area contributed by atoms with Gasteiger partial charge in [0.25, 0.3) is 0 Å². The quantitative estimate of drug-likeness (QED) is 0.796. The van der Waals surface area contributed by atoms with E-state index in [2.05, 4.69) is 50.1 Å². The Balaban J connectivity index is 2.71. The fourth-order valence-corrected chi connectivity index (χ4v) is 2.13. The second-order valence-electron chi connectivity index (χ2n) is 4.77. The van der Waals surface area contributed by atoms with Crippen LogP contribution in [-0.2, 0) is 0 Å². The second-order valence-corrected chi connectivity index (χ2v) is 4.77. The molecule has 2 atom stereocenters. The Morgan fingerprint density at radius 2 is 2.00 bits per heavy atom. The van der Waals surface area contributed by atoms with Crippen LogP contribution in [0.5, 0.6) is 0 Å². The molecule has 0 saturated carbocycles. The maximum absolute atomic E-state index is 4.45. The van der Waals surface area contributed by atoms with Gasteiger partial charge in [0, 0.05) is 23.9 Å². The average Bonchev–Trinajstić information content (AvgIpc) is 2.30. The summed E-state index contributed by atoms with van der Waals surface area (Å²) < 4.78 is 0. The van der Waals surface area contributed by atoms with Gasteiger partial charge in [0.2, 0.25) is 0 Å². The molecular weight excluding hydrogens is 196 g/mol. The molecule has 0 radical (unpaired) electrons. The molecule has 0 aliphatic heterocycles. The smallest absolute Gasteiger partial charge is 0.0447 e. The highest BCUT2D eigenvalue weighted by molar-refractivity contribution is 5.11. The van der Waals surface area contributed by atoms with E-state index in [1.54, 1.807) is 0 Å². The maximum Gasteiger partial charge on any atom is 0.0447 e. The third kappa shape index (κ3) is 3.60. The van der Waals surface area contributed by atoms with Crippen molar-refractivity contribution in [2.45, 2.75) is 46.1 Å². The van der Waals surface area contributed by atoms with Crippen molar-refractivity contribution in [1.29, 1.82) is 0 Å². The summed E-state index contributed by atoms with van der Waals surface area (Å²) in [5.41, 5.74) is 1.19. The molecule has 1 heterocycles. The van der Waals surface area contributed by atoms with E-state index in [4.69, 9.17) is 0 Å². The number of aromatic nitrogens is 1. The van der Waals surface area contributed by atoms with Crippen molar-refractivity contribution in [3.05, 3.63) is 30.1 Å². The SMILES string of the molecule is CCCNC(C(C)C)C(C)c1ccccn1. The van der Waals surface area contributed by atoms with Crippen molar-refractivity contribution in [1.82, 2.24) is 10.3 Å². The number of hydrogen-bond donors (Lipinski definition) is 1. The third-order valence-electron chi connectivity index (χ3n) is 3.04. The zero-order chi connectivity index (χ0) is 12.0. The van der Waals surface area contributed by atoms with Crippen LogP contribution in [0.15, 0.2) is 24.4 Å². The molecule has 1 N–H and O–H groups in total. The maximum atomic E-state index is 4.45. The highest BCUT2D eigenvalue weighted by atomic mass is 14.9. The summed E-state index contributed by atoms with van der Waals surface area (Å²) in [6.45, 7) is 10.1. The van der Waals surface area contributed by atoms with E-state index >= 15 is 0 Å². The van der Waals surface area contributed by atoms with Gasteiger partial charge in [-0.1, -0.05) is 33.8 Å². The number of nitrogens with one attached hydrogen (secondary N) is 1. The molecule has 0 aliphatic carbocycles. The molecular formula is C14H24N2. The van der Waals surface area contributed by atoms with Gasteiger partial charge in [0.1, 0.15) is 0 Å². The molecule has 2 heteroatoms.